The summed E-state index contributed by atoms with van der Waals surface area (Å²) < 4.78 is 6.52. The van der Waals surface area contributed by atoms with Crippen LogP contribution >= 0.6 is 40.4 Å². The summed E-state index contributed by atoms with van der Waals surface area (Å²) in [6.07, 6.45) is 2.44. The zero-order chi connectivity index (χ0) is 15.1. The molecule has 0 spiro atoms. The Morgan fingerprint density at radius 2 is 1.90 bits per heavy atom. The molecule has 1 aromatic rings. The van der Waals surface area contributed by atoms with Crippen LogP contribution < -0.4 is 21.5 Å². The first-order valence-corrected chi connectivity index (χ1v) is 8.22. The highest BCUT2D eigenvalue weighted by molar-refractivity contribution is 9.10. The lowest BCUT2D eigenvalue weighted by Crippen LogP contribution is -2.49. The molecule has 0 aliphatic carbocycles. The molecule has 1 aromatic carbocycles. The largest absolute Gasteiger partial charge is 0.376 e. The number of hydrogen-bond acceptors (Lipinski definition) is 3. The Labute approximate surface area is 143 Å². The van der Waals surface area contributed by atoms with E-state index in [2.05, 4.69) is 37.4 Å². The SMILES string of the molecule is S=C(NC[C@@H]1CCCO1)NNC(=S)Nc1ccc(Br)cc1. The van der Waals surface area contributed by atoms with Crippen LogP contribution in [0.5, 0.6) is 0 Å². The number of ether oxygens (including phenoxy) is 1. The standard InChI is InChI=1S/C13H17BrN4OS2/c14-9-3-5-10(6-4-9)16-13(21)18-17-12(20)15-8-11-2-1-7-19-11/h3-6,11H,1-2,7-8H2,(H2,15,17,20)(H2,16,18,21)/t11-/m0/s1. The Morgan fingerprint density at radius 3 is 2.57 bits per heavy atom. The van der Waals surface area contributed by atoms with Gasteiger partial charge in [0.05, 0.1) is 6.10 Å². The van der Waals surface area contributed by atoms with Crippen LogP contribution in [-0.4, -0.2) is 29.5 Å². The smallest absolute Gasteiger partial charge is 0.189 e. The molecule has 0 saturated carbocycles. The van der Waals surface area contributed by atoms with Gasteiger partial charge in [-0.25, -0.2) is 0 Å². The van der Waals surface area contributed by atoms with Gasteiger partial charge in [0.2, 0.25) is 0 Å². The van der Waals surface area contributed by atoms with Crippen molar-refractivity contribution >= 4 is 56.3 Å². The van der Waals surface area contributed by atoms with E-state index in [4.69, 9.17) is 29.2 Å². The highest BCUT2D eigenvalue weighted by atomic mass is 79.9. The van der Waals surface area contributed by atoms with Crippen LogP contribution in [0.4, 0.5) is 5.69 Å². The molecule has 0 amide bonds. The topological polar surface area (TPSA) is 57.4 Å². The highest BCUT2D eigenvalue weighted by Crippen LogP contribution is 2.13. The van der Waals surface area contributed by atoms with Crippen molar-refractivity contribution in [2.75, 3.05) is 18.5 Å². The van der Waals surface area contributed by atoms with Gasteiger partial charge in [0.25, 0.3) is 0 Å². The first-order valence-electron chi connectivity index (χ1n) is 6.61. The first kappa shape index (κ1) is 16.4. The van der Waals surface area contributed by atoms with E-state index >= 15 is 0 Å². The quantitative estimate of drug-likeness (QED) is 0.468. The predicted octanol–water partition coefficient (Wildman–Crippen LogP) is 2.29. The maximum absolute atomic E-state index is 5.51. The summed E-state index contributed by atoms with van der Waals surface area (Å²) in [5.41, 5.74) is 6.57. The minimum atomic E-state index is 0.248. The Balaban J connectivity index is 1.63. The number of rotatable bonds is 3. The van der Waals surface area contributed by atoms with Crippen LogP contribution in [0.15, 0.2) is 28.7 Å². The lowest BCUT2D eigenvalue weighted by atomic mass is 10.2. The van der Waals surface area contributed by atoms with Gasteiger partial charge in [0.15, 0.2) is 10.2 Å². The second-order valence-corrected chi connectivity index (χ2v) is 6.29. The Hall–Kier alpha value is -0.960. The summed E-state index contributed by atoms with van der Waals surface area (Å²) in [5.74, 6) is 0. The van der Waals surface area contributed by atoms with Crippen molar-refractivity contribution in [3.05, 3.63) is 28.7 Å². The maximum atomic E-state index is 5.51. The van der Waals surface area contributed by atoms with E-state index in [1.165, 1.54) is 0 Å². The molecule has 2 rings (SSSR count). The van der Waals surface area contributed by atoms with Crippen molar-refractivity contribution < 1.29 is 4.74 Å². The van der Waals surface area contributed by atoms with Crippen molar-refractivity contribution in [1.29, 1.82) is 0 Å². The van der Waals surface area contributed by atoms with Crippen LogP contribution in [0.1, 0.15) is 12.8 Å². The Morgan fingerprint density at radius 1 is 1.19 bits per heavy atom. The fourth-order valence-electron chi connectivity index (χ4n) is 1.87. The monoisotopic (exact) mass is 388 g/mol. The summed E-state index contributed by atoms with van der Waals surface area (Å²) in [6.45, 7) is 1.55. The summed E-state index contributed by atoms with van der Waals surface area (Å²) >= 11 is 13.7. The van der Waals surface area contributed by atoms with Gasteiger partial charge in [-0.3, -0.25) is 10.9 Å². The van der Waals surface area contributed by atoms with Crippen molar-refractivity contribution in [1.82, 2.24) is 16.2 Å². The van der Waals surface area contributed by atoms with Gasteiger partial charge < -0.3 is 15.4 Å². The van der Waals surface area contributed by atoms with Gasteiger partial charge in [-0.1, -0.05) is 15.9 Å². The minimum Gasteiger partial charge on any atom is -0.376 e. The molecule has 4 N–H and O–H groups in total. The lowest BCUT2D eigenvalue weighted by molar-refractivity contribution is 0.114. The second kappa shape index (κ2) is 8.47. The molecule has 8 heteroatoms. The molecule has 1 atom stereocenters. The third kappa shape index (κ3) is 6.13. The minimum absolute atomic E-state index is 0.248. The molecule has 0 radical (unpaired) electrons. The van der Waals surface area contributed by atoms with Gasteiger partial charge in [0, 0.05) is 23.3 Å². The van der Waals surface area contributed by atoms with E-state index in [0.717, 1.165) is 29.6 Å². The third-order valence-electron chi connectivity index (χ3n) is 2.91. The number of thiocarbonyl (C=S) groups is 2. The fourth-order valence-corrected chi connectivity index (χ4v) is 2.43. The van der Waals surface area contributed by atoms with Crippen LogP contribution in [0, 0.1) is 0 Å². The average Bonchev–Trinajstić information content (AvgIpc) is 2.99. The summed E-state index contributed by atoms with van der Waals surface area (Å²) in [4.78, 5) is 0. The average molecular weight is 389 g/mol. The van der Waals surface area contributed by atoms with Crippen molar-refractivity contribution in [3.8, 4) is 0 Å². The molecule has 0 unspecified atom stereocenters. The molecular weight excluding hydrogens is 372 g/mol. The predicted molar refractivity (Wildman–Crippen MR) is 96.2 cm³/mol. The number of anilines is 1. The molecule has 1 aliphatic heterocycles. The van der Waals surface area contributed by atoms with Crippen molar-refractivity contribution in [3.63, 3.8) is 0 Å². The van der Waals surface area contributed by atoms with E-state index in [9.17, 15) is 0 Å². The number of benzene rings is 1. The van der Waals surface area contributed by atoms with Crippen molar-refractivity contribution in [2.24, 2.45) is 0 Å². The van der Waals surface area contributed by atoms with Crippen LogP contribution in [0.25, 0.3) is 0 Å². The van der Waals surface area contributed by atoms with Crippen LogP contribution in [-0.2, 0) is 4.74 Å². The van der Waals surface area contributed by atoms with Gasteiger partial charge >= 0.3 is 0 Å². The summed E-state index contributed by atoms with van der Waals surface area (Å²) in [6, 6.07) is 7.72. The Kier molecular flexibility index (Phi) is 6.62. The second-order valence-electron chi connectivity index (χ2n) is 4.56. The highest BCUT2D eigenvalue weighted by Gasteiger charge is 2.15. The molecular formula is C13H17BrN4OS2. The van der Waals surface area contributed by atoms with Gasteiger partial charge in [0.1, 0.15) is 0 Å². The van der Waals surface area contributed by atoms with Crippen LogP contribution in [0.3, 0.4) is 0 Å². The molecule has 114 valence electrons. The molecule has 5 nitrogen and oxygen atoms in total. The number of hydrogen-bond donors (Lipinski definition) is 4. The fraction of sp³-hybridized carbons (Fsp3) is 0.385. The number of nitrogens with one attached hydrogen (secondary N) is 4. The zero-order valence-corrected chi connectivity index (χ0v) is 14.5. The van der Waals surface area contributed by atoms with E-state index in [0.29, 0.717) is 16.8 Å². The molecule has 21 heavy (non-hydrogen) atoms. The third-order valence-corrected chi connectivity index (χ3v) is 3.89. The van der Waals surface area contributed by atoms with Gasteiger partial charge in [-0.05, 0) is 61.5 Å². The first-order chi connectivity index (χ1) is 10.1. The van der Waals surface area contributed by atoms with Crippen LogP contribution in [0.2, 0.25) is 0 Å². The van der Waals surface area contributed by atoms with E-state index in [1.54, 1.807) is 0 Å². The molecule has 1 aliphatic rings. The van der Waals surface area contributed by atoms with Gasteiger partial charge in [-0.15, -0.1) is 0 Å². The zero-order valence-electron chi connectivity index (χ0n) is 11.3. The van der Waals surface area contributed by atoms with E-state index < -0.39 is 0 Å². The molecule has 1 saturated heterocycles. The lowest BCUT2D eigenvalue weighted by Gasteiger charge is -2.16. The van der Waals surface area contributed by atoms with Gasteiger partial charge in [-0.2, -0.15) is 0 Å². The van der Waals surface area contributed by atoms with Crippen molar-refractivity contribution in [2.45, 2.75) is 18.9 Å². The summed E-state index contributed by atoms with van der Waals surface area (Å²) in [7, 11) is 0. The molecule has 0 bridgehead atoms. The molecule has 1 fully saturated rings. The Bertz CT molecular complexity index is 491. The number of halogens is 1. The maximum Gasteiger partial charge on any atom is 0.189 e. The van der Waals surface area contributed by atoms with E-state index in [1.807, 2.05) is 24.3 Å². The summed E-state index contributed by atoms with van der Waals surface area (Å²) in [5, 5.41) is 7.07. The molecule has 1 heterocycles. The number of hydrazine groups is 1. The van der Waals surface area contributed by atoms with E-state index in [-0.39, 0.29) is 6.10 Å². The molecule has 0 aromatic heterocycles. The normalized spacial score (nSPS) is 17.1.